The second-order valence-corrected chi connectivity index (χ2v) is 5.81. The van der Waals surface area contributed by atoms with E-state index in [1.807, 2.05) is 0 Å². The van der Waals surface area contributed by atoms with Crippen LogP contribution in [0.25, 0.3) is 0 Å². The number of amides is 1. The van der Waals surface area contributed by atoms with Crippen LogP contribution < -0.4 is 10.6 Å². The predicted octanol–water partition coefficient (Wildman–Crippen LogP) is 4.74. The topological polar surface area (TPSA) is 54.0 Å². The van der Waals surface area contributed by atoms with Gasteiger partial charge in [0.15, 0.2) is 0 Å². The SMILES string of the molecule is O=C(Nc1ccc(Cl)cc1)c1cc(NCc2ccc(F)cc2)ccn1. The molecule has 1 amide bonds. The first kappa shape index (κ1) is 16.9. The maximum Gasteiger partial charge on any atom is 0.274 e. The van der Waals surface area contributed by atoms with Crippen LogP contribution in [0.15, 0.2) is 66.9 Å². The predicted molar refractivity (Wildman–Crippen MR) is 97.4 cm³/mol. The third-order valence-electron chi connectivity index (χ3n) is 3.50. The third-order valence-corrected chi connectivity index (χ3v) is 3.76. The lowest BCUT2D eigenvalue weighted by Crippen LogP contribution is -2.14. The number of pyridine rings is 1. The number of hydrogen-bond acceptors (Lipinski definition) is 3. The van der Waals surface area contributed by atoms with Gasteiger partial charge in [-0.3, -0.25) is 9.78 Å². The molecule has 0 bridgehead atoms. The van der Waals surface area contributed by atoms with Crippen LogP contribution in [-0.4, -0.2) is 10.9 Å². The summed E-state index contributed by atoms with van der Waals surface area (Å²) in [5.41, 5.74) is 2.62. The summed E-state index contributed by atoms with van der Waals surface area (Å²) in [7, 11) is 0. The summed E-state index contributed by atoms with van der Waals surface area (Å²) in [6.07, 6.45) is 1.56. The van der Waals surface area contributed by atoms with Crippen molar-refractivity contribution in [1.82, 2.24) is 4.98 Å². The number of hydrogen-bond donors (Lipinski definition) is 2. The molecule has 126 valence electrons. The average Bonchev–Trinajstić information content (AvgIpc) is 2.63. The Kier molecular flexibility index (Phi) is 5.26. The minimum Gasteiger partial charge on any atom is -0.381 e. The van der Waals surface area contributed by atoms with Crippen molar-refractivity contribution in [2.24, 2.45) is 0 Å². The number of carbonyl (C=O) groups is 1. The number of rotatable bonds is 5. The Morgan fingerprint density at radius 2 is 1.72 bits per heavy atom. The Morgan fingerprint density at radius 1 is 1.00 bits per heavy atom. The van der Waals surface area contributed by atoms with Gasteiger partial charge in [-0.25, -0.2) is 4.39 Å². The highest BCUT2D eigenvalue weighted by Gasteiger charge is 2.08. The lowest BCUT2D eigenvalue weighted by Gasteiger charge is -2.09. The van der Waals surface area contributed by atoms with Crippen molar-refractivity contribution in [3.8, 4) is 0 Å². The molecule has 6 heteroatoms. The molecule has 3 rings (SSSR count). The first-order valence-electron chi connectivity index (χ1n) is 7.61. The maximum absolute atomic E-state index is 12.9. The van der Waals surface area contributed by atoms with Gasteiger partial charge in [0.05, 0.1) is 0 Å². The summed E-state index contributed by atoms with van der Waals surface area (Å²) in [5.74, 6) is -0.582. The van der Waals surface area contributed by atoms with Gasteiger partial charge in [0, 0.05) is 29.1 Å². The molecule has 0 aliphatic carbocycles. The van der Waals surface area contributed by atoms with Gasteiger partial charge >= 0.3 is 0 Å². The first-order chi connectivity index (χ1) is 12.1. The Morgan fingerprint density at radius 3 is 2.44 bits per heavy atom. The van der Waals surface area contributed by atoms with Crippen molar-refractivity contribution < 1.29 is 9.18 Å². The fraction of sp³-hybridized carbons (Fsp3) is 0.0526. The number of halogens is 2. The molecule has 3 aromatic rings. The molecule has 0 aliphatic rings. The average molecular weight is 356 g/mol. The van der Waals surface area contributed by atoms with Crippen LogP contribution in [0.3, 0.4) is 0 Å². The maximum atomic E-state index is 12.9. The van der Waals surface area contributed by atoms with Gasteiger partial charge in [-0.1, -0.05) is 23.7 Å². The van der Waals surface area contributed by atoms with Gasteiger partial charge in [0.2, 0.25) is 0 Å². The highest BCUT2D eigenvalue weighted by atomic mass is 35.5. The molecule has 0 saturated heterocycles. The summed E-state index contributed by atoms with van der Waals surface area (Å²) in [5, 5.41) is 6.55. The zero-order chi connectivity index (χ0) is 17.6. The minimum atomic E-state index is -0.312. The van der Waals surface area contributed by atoms with Crippen molar-refractivity contribution in [2.45, 2.75) is 6.54 Å². The van der Waals surface area contributed by atoms with Gasteiger partial charge in [0.25, 0.3) is 5.91 Å². The van der Waals surface area contributed by atoms with Crippen LogP contribution >= 0.6 is 11.6 Å². The highest BCUT2D eigenvalue weighted by molar-refractivity contribution is 6.30. The molecule has 0 radical (unpaired) electrons. The van der Waals surface area contributed by atoms with Crippen LogP contribution in [0.2, 0.25) is 5.02 Å². The first-order valence-corrected chi connectivity index (χ1v) is 7.99. The number of aromatic nitrogens is 1. The van der Waals surface area contributed by atoms with Gasteiger partial charge in [-0.05, 0) is 54.1 Å². The Balaban J connectivity index is 1.64. The summed E-state index contributed by atoms with van der Waals surface area (Å²) >= 11 is 5.83. The van der Waals surface area contributed by atoms with Crippen molar-refractivity contribution >= 4 is 28.9 Å². The largest absolute Gasteiger partial charge is 0.381 e. The molecule has 4 nitrogen and oxygen atoms in total. The fourth-order valence-electron chi connectivity index (χ4n) is 2.20. The van der Waals surface area contributed by atoms with Gasteiger partial charge in [-0.15, -0.1) is 0 Å². The van der Waals surface area contributed by atoms with E-state index in [-0.39, 0.29) is 11.7 Å². The van der Waals surface area contributed by atoms with E-state index < -0.39 is 0 Å². The second-order valence-electron chi connectivity index (χ2n) is 5.37. The summed E-state index contributed by atoms with van der Waals surface area (Å²) < 4.78 is 12.9. The zero-order valence-electron chi connectivity index (χ0n) is 13.2. The number of benzene rings is 2. The quantitative estimate of drug-likeness (QED) is 0.695. The molecule has 0 saturated carbocycles. The van der Waals surface area contributed by atoms with Crippen molar-refractivity contribution in [1.29, 1.82) is 0 Å². The molecule has 0 fully saturated rings. The molecule has 0 unspecified atom stereocenters. The smallest absolute Gasteiger partial charge is 0.274 e. The third kappa shape index (κ3) is 4.78. The van der Waals surface area contributed by atoms with Gasteiger partial charge in [-0.2, -0.15) is 0 Å². The number of nitrogens with one attached hydrogen (secondary N) is 2. The molecule has 0 spiro atoms. The van der Waals surface area contributed by atoms with E-state index in [1.165, 1.54) is 12.1 Å². The van der Waals surface area contributed by atoms with Crippen molar-refractivity contribution in [3.63, 3.8) is 0 Å². The van der Waals surface area contributed by atoms with E-state index in [9.17, 15) is 9.18 Å². The monoisotopic (exact) mass is 355 g/mol. The van der Waals surface area contributed by atoms with E-state index in [4.69, 9.17) is 11.6 Å². The Hall–Kier alpha value is -2.92. The Labute approximate surface area is 149 Å². The van der Waals surface area contributed by atoms with Crippen LogP contribution in [0.1, 0.15) is 16.1 Å². The Bertz CT molecular complexity index is 867. The van der Waals surface area contributed by atoms with Gasteiger partial charge in [0.1, 0.15) is 11.5 Å². The lowest BCUT2D eigenvalue weighted by molar-refractivity contribution is 0.102. The van der Waals surface area contributed by atoms with Crippen molar-refractivity contribution in [2.75, 3.05) is 10.6 Å². The molecule has 2 aromatic carbocycles. The molecule has 1 heterocycles. The van der Waals surface area contributed by atoms with Gasteiger partial charge < -0.3 is 10.6 Å². The lowest BCUT2D eigenvalue weighted by atomic mass is 10.2. The van der Waals surface area contributed by atoms with E-state index >= 15 is 0 Å². The van der Waals surface area contributed by atoms with Crippen LogP contribution in [0.5, 0.6) is 0 Å². The summed E-state index contributed by atoms with van der Waals surface area (Å²) in [6, 6.07) is 16.5. The standard InChI is InChI=1S/C19H15ClFN3O/c20-14-3-7-16(8-4-14)24-19(25)18-11-17(9-10-22-18)23-12-13-1-5-15(21)6-2-13/h1-11H,12H2,(H,22,23)(H,24,25). The van der Waals surface area contributed by atoms with Crippen LogP contribution in [-0.2, 0) is 6.54 Å². The molecule has 25 heavy (non-hydrogen) atoms. The number of nitrogens with zero attached hydrogens (tertiary/aromatic N) is 1. The van der Waals surface area contributed by atoms with Crippen LogP contribution in [0.4, 0.5) is 15.8 Å². The highest BCUT2D eigenvalue weighted by Crippen LogP contribution is 2.15. The second kappa shape index (κ2) is 7.77. The molecule has 0 atom stereocenters. The summed E-state index contributed by atoms with van der Waals surface area (Å²) in [4.78, 5) is 16.4. The van der Waals surface area contributed by atoms with E-state index in [1.54, 1.807) is 54.7 Å². The number of carbonyl (C=O) groups excluding carboxylic acids is 1. The fourth-order valence-corrected chi connectivity index (χ4v) is 2.33. The molecule has 2 N–H and O–H groups in total. The summed E-state index contributed by atoms with van der Waals surface area (Å²) in [6.45, 7) is 0.516. The molecular formula is C19H15ClFN3O. The zero-order valence-corrected chi connectivity index (χ0v) is 13.9. The van der Waals surface area contributed by atoms with E-state index in [2.05, 4.69) is 15.6 Å². The van der Waals surface area contributed by atoms with Crippen molar-refractivity contribution in [3.05, 3.63) is 89.0 Å². The normalized spacial score (nSPS) is 10.3. The van der Waals surface area contributed by atoms with E-state index in [0.717, 1.165) is 11.3 Å². The molecule has 0 aliphatic heterocycles. The molecule has 1 aromatic heterocycles. The van der Waals surface area contributed by atoms with E-state index in [0.29, 0.717) is 22.9 Å². The minimum absolute atomic E-state index is 0.270. The van der Waals surface area contributed by atoms with Crippen LogP contribution in [0, 0.1) is 5.82 Å². The molecular weight excluding hydrogens is 341 g/mol. The number of anilines is 2.